The second kappa shape index (κ2) is 7.60. The van der Waals surface area contributed by atoms with Gasteiger partial charge in [-0.25, -0.2) is 9.78 Å². The van der Waals surface area contributed by atoms with E-state index in [4.69, 9.17) is 19.8 Å². The van der Waals surface area contributed by atoms with Crippen molar-refractivity contribution in [2.45, 2.75) is 56.6 Å². The van der Waals surface area contributed by atoms with Crippen molar-refractivity contribution in [1.82, 2.24) is 10.3 Å². The third-order valence-corrected chi connectivity index (χ3v) is 4.68. The van der Waals surface area contributed by atoms with Crippen LogP contribution in [-0.2, 0) is 0 Å². The summed E-state index contributed by atoms with van der Waals surface area (Å²) in [6, 6.07) is 3.45. The Morgan fingerprint density at radius 2 is 2.15 bits per heavy atom. The molecule has 2 N–H and O–H groups in total. The standard InChI is InChI=1S/C18H21N3O5/c1-25-17-16(14(22)6-7-19)15(9-13(21-17)10-2-3-10)26-12-5-4-11(8-12)20-18(23)24/h9-12,20H,2-6,8H2,1H3,(H,23,24)/t11-,12+/m0/s1. The lowest BCUT2D eigenvalue weighted by atomic mass is 10.1. The Hall–Kier alpha value is -2.82. The highest BCUT2D eigenvalue weighted by atomic mass is 16.5. The van der Waals surface area contributed by atoms with Crippen LogP contribution in [0.3, 0.4) is 0 Å². The summed E-state index contributed by atoms with van der Waals surface area (Å²) >= 11 is 0. The fourth-order valence-electron chi connectivity index (χ4n) is 3.30. The normalized spacial score (nSPS) is 21.7. The zero-order valence-electron chi connectivity index (χ0n) is 14.5. The second-order valence-electron chi connectivity index (χ2n) is 6.66. The van der Waals surface area contributed by atoms with E-state index < -0.39 is 11.9 Å². The van der Waals surface area contributed by atoms with Gasteiger partial charge in [-0.1, -0.05) is 0 Å². The molecule has 138 valence electrons. The number of methoxy groups -OCH3 is 1. The van der Waals surface area contributed by atoms with Gasteiger partial charge in [0.25, 0.3) is 0 Å². The van der Waals surface area contributed by atoms with Gasteiger partial charge in [0, 0.05) is 24.4 Å². The SMILES string of the molecule is COc1nc(C2CC2)cc(O[C@@H]2CC[C@H](NC(=O)O)C2)c1C(=O)CC#N. The maximum Gasteiger partial charge on any atom is 0.404 e. The van der Waals surface area contributed by atoms with Crippen molar-refractivity contribution in [3.8, 4) is 17.7 Å². The Morgan fingerprint density at radius 3 is 2.77 bits per heavy atom. The molecule has 1 aromatic rings. The first-order valence-electron chi connectivity index (χ1n) is 8.67. The first-order chi connectivity index (χ1) is 12.5. The van der Waals surface area contributed by atoms with Gasteiger partial charge in [0.1, 0.15) is 17.4 Å². The number of ether oxygens (including phenoxy) is 2. The largest absolute Gasteiger partial charge is 0.489 e. The molecular formula is C18H21N3O5. The Morgan fingerprint density at radius 1 is 1.38 bits per heavy atom. The number of hydrogen-bond acceptors (Lipinski definition) is 6. The molecule has 0 aliphatic heterocycles. The average Bonchev–Trinajstić information content (AvgIpc) is 3.36. The van der Waals surface area contributed by atoms with Crippen LogP contribution in [0.5, 0.6) is 11.6 Å². The number of aromatic nitrogens is 1. The van der Waals surface area contributed by atoms with Crippen LogP contribution in [0.2, 0.25) is 0 Å². The fourth-order valence-corrected chi connectivity index (χ4v) is 3.30. The fraction of sp³-hybridized carbons (Fsp3) is 0.556. The van der Waals surface area contributed by atoms with Crippen molar-refractivity contribution in [3.05, 3.63) is 17.3 Å². The number of carbonyl (C=O) groups excluding carboxylic acids is 1. The van der Waals surface area contributed by atoms with Gasteiger partial charge < -0.3 is 19.9 Å². The summed E-state index contributed by atoms with van der Waals surface area (Å²) in [5.74, 6) is 0.506. The van der Waals surface area contributed by atoms with Gasteiger partial charge in [-0.15, -0.1) is 0 Å². The van der Waals surface area contributed by atoms with Crippen LogP contribution in [0.15, 0.2) is 6.07 Å². The average molecular weight is 359 g/mol. The number of nitrogens with one attached hydrogen (secondary N) is 1. The highest BCUT2D eigenvalue weighted by Crippen LogP contribution is 2.43. The number of Topliss-reactive ketones (excluding diaryl/α,β-unsaturated/α-hetero) is 1. The maximum absolute atomic E-state index is 12.4. The van der Waals surface area contributed by atoms with Gasteiger partial charge in [-0.05, 0) is 25.7 Å². The van der Waals surface area contributed by atoms with Crippen LogP contribution in [0, 0.1) is 11.3 Å². The van der Waals surface area contributed by atoms with Crippen LogP contribution >= 0.6 is 0 Å². The summed E-state index contributed by atoms with van der Waals surface area (Å²) in [4.78, 5) is 27.6. The molecule has 1 aromatic heterocycles. The van der Waals surface area contributed by atoms with E-state index in [0.29, 0.717) is 30.9 Å². The predicted octanol–water partition coefficient (Wildman–Crippen LogP) is 2.63. The Bertz CT molecular complexity index is 754. The Labute approximate surface area is 151 Å². The van der Waals surface area contributed by atoms with Crippen molar-refractivity contribution >= 4 is 11.9 Å². The summed E-state index contributed by atoms with van der Waals surface area (Å²) in [5.41, 5.74) is 1.01. The van der Waals surface area contributed by atoms with E-state index in [1.54, 1.807) is 6.07 Å². The first-order valence-corrected chi connectivity index (χ1v) is 8.67. The molecule has 2 saturated carbocycles. The van der Waals surface area contributed by atoms with Crippen molar-refractivity contribution in [1.29, 1.82) is 5.26 Å². The Kier molecular flexibility index (Phi) is 5.26. The molecule has 1 heterocycles. The molecule has 0 spiro atoms. The number of nitriles is 1. The second-order valence-corrected chi connectivity index (χ2v) is 6.66. The van der Waals surface area contributed by atoms with Gasteiger partial charge in [0.2, 0.25) is 5.88 Å². The summed E-state index contributed by atoms with van der Waals surface area (Å²) in [6.45, 7) is 0. The number of hydrogen-bond donors (Lipinski definition) is 2. The molecule has 0 radical (unpaired) electrons. The lowest BCUT2D eigenvalue weighted by molar-refractivity contribution is 0.0986. The minimum absolute atomic E-state index is 0.164. The minimum atomic E-state index is -1.05. The van der Waals surface area contributed by atoms with Crippen molar-refractivity contribution < 1.29 is 24.2 Å². The van der Waals surface area contributed by atoms with E-state index in [1.165, 1.54) is 7.11 Å². The lowest BCUT2D eigenvalue weighted by Crippen LogP contribution is -2.32. The summed E-state index contributed by atoms with van der Waals surface area (Å²) in [5, 5.41) is 20.2. The van der Waals surface area contributed by atoms with Gasteiger partial charge in [0.05, 0.1) is 25.3 Å². The Balaban J connectivity index is 1.86. The molecule has 2 atom stereocenters. The minimum Gasteiger partial charge on any atom is -0.489 e. The van der Waals surface area contributed by atoms with Crippen molar-refractivity contribution in [2.24, 2.45) is 0 Å². The lowest BCUT2D eigenvalue weighted by Gasteiger charge is -2.19. The molecule has 0 aromatic carbocycles. The van der Waals surface area contributed by atoms with Crippen LogP contribution in [0.25, 0.3) is 0 Å². The molecule has 2 aliphatic carbocycles. The molecule has 8 heteroatoms. The van der Waals surface area contributed by atoms with Gasteiger partial charge in [0.15, 0.2) is 5.78 Å². The third-order valence-electron chi connectivity index (χ3n) is 4.68. The summed E-state index contributed by atoms with van der Waals surface area (Å²) in [7, 11) is 1.44. The predicted molar refractivity (Wildman–Crippen MR) is 90.5 cm³/mol. The van der Waals surface area contributed by atoms with Gasteiger partial charge in [-0.3, -0.25) is 4.79 Å². The molecule has 0 bridgehead atoms. The van der Waals surface area contributed by atoms with Crippen LogP contribution in [0.4, 0.5) is 4.79 Å². The number of ketones is 1. The van der Waals surface area contributed by atoms with Gasteiger partial charge in [-0.2, -0.15) is 5.26 Å². The smallest absolute Gasteiger partial charge is 0.404 e. The van der Waals surface area contributed by atoms with Crippen LogP contribution in [0.1, 0.15) is 60.5 Å². The van der Waals surface area contributed by atoms with E-state index in [1.807, 2.05) is 6.07 Å². The van der Waals surface area contributed by atoms with E-state index >= 15 is 0 Å². The number of carboxylic acid groups (broad SMARTS) is 1. The molecular weight excluding hydrogens is 338 g/mol. The molecule has 2 fully saturated rings. The highest BCUT2D eigenvalue weighted by Gasteiger charge is 2.32. The van der Waals surface area contributed by atoms with E-state index in [-0.39, 0.29) is 30.0 Å². The topological polar surface area (TPSA) is 122 Å². The molecule has 0 saturated heterocycles. The van der Waals surface area contributed by atoms with Crippen LogP contribution < -0.4 is 14.8 Å². The van der Waals surface area contributed by atoms with Crippen LogP contribution in [-0.4, -0.2) is 41.2 Å². The van der Waals surface area contributed by atoms with E-state index in [9.17, 15) is 9.59 Å². The third kappa shape index (κ3) is 4.04. The summed E-state index contributed by atoms with van der Waals surface area (Å²) in [6.07, 6.45) is 2.41. The monoisotopic (exact) mass is 359 g/mol. The molecule has 26 heavy (non-hydrogen) atoms. The van der Waals surface area contributed by atoms with E-state index in [2.05, 4.69) is 10.3 Å². The molecule has 3 rings (SSSR count). The highest BCUT2D eigenvalue weighted by molar-refractivity contribution is 6.02. The molecule has 2 aliphatic rings. The number of nitrogens with zero attached hydrogens (tertiary/aromatic N) is 2. The summed E-state index contributed by atoms with van der Waals surface area (Å²) < 4.78 is 11.4. The quantitative estimate of drug-likeness (QED) is 0.718. The zero-order chi connectivity index (χ0) is 18.7. The number of carbonyl (C=O) groups is 2. The number of rotatable bonds is 7. The zero-order valence-corrected chi connectivity index (χ0v) is 14.5. The van der Waals surface area contributed by atoms with Crippen molar-refractivity contribution in [3.63, 3.8) is 0 Å². The number of amides is 1. The first kappa shape index (κ1) is 18.0. The number of pyridine rings is 1. The maximum atomic E-state index is 12.4. The van der Waals surface area contributed by atoms with Gasteiger partial charge >= 0.3 is 6.09 Å². The molecule has 0 unspecified atom stereocenters. The molecule has 8 nitrogen and oxygen atoms in total. The van der Waals surface area contributed by atoms with E-state index in [0.717, 1.165) is 18.5 Å². The van der Waals surface area contributed by atoms with Crippen molar-refractivity contribution in [2.75, 3.05) is 7.11 Å². The molecule has 1 amide bonds.